The number of carbonyl (C=O) groups is 1. The number of esters is 1. The van der Waals surface area contributed by atoms with Crippen LogP contribution in [-0.2, 0) is 9.53 Å². The minimum atomic E-state index is -0.361. The molecular formula is C24H29N3O4S. The van der Waals surface area contributed by atoms with Crippen molar-refractivity contribution >= 4 is 17.7 Å². The summed E-state index contributed by atoms with van der Waals surface area (Å²) in [6.45, 7) is 6.25. The van der Waals surface area contributed by atoms with Gasteiger partial charge in [0.25, 0.3) is 0 Å². The second-order valence-electron chi connectivity index (χ2n) is 7.18. The lowest BCUT2D eigenvalue weighted by Crippen LogP contribution is -2.21. The normalized spacial score (nSPS) is 11.8. The molecule has 0 amide bonds. The lowest BCUT2D eigenvalue weighted by atomic mass is 10.1. The van der Waals surface area contributed by atoms with Gasteiger partial charge in [0.05, 0.1) is 26.5 Å². The summed E-state index contributed by atoms with van der Waals surface area (Å²) in [6.07, 6.45) is 1.54. The number of carbonyl (C=O) groups excluding carboxylic acids is 1. The average Bonchev–Trinajstić information content (AvgIpc) is 3.22. The topological polar surface area (TPSA) is 75.5 Å². The van der Waals surface area contributed by atoms with Gasteiger partial charge in [0.2, 0.25) is 0 Å². The number of thioether (sulfide) groups is 1. The standard InChI is InChI=1S/C24H29N3O4S/c1-6-10-21(23(28)31-7-2)32-24-26-25-22(27(24)20-12-9-8-11-16(20)3)17-13-18(29-4)15-19(14-17)30-5/h8-9,11-15,21H,6-7,10H2,1-5H3/t21-/m1/s1. The van der Waals surface area contributed by atoms with E-state index in [-0.39, 0.29) is 11.2 Å². The van der Waals surface area contributed by atoms with Gasteiger partial charge in [-0.3, -0.25) is 9.36 Å². The second kappa shape index (κ2) is 11.0. The van der Waals surface area contributed by atoms with E-state index in [4.69, 9.17) is 14.2 Å². The van der Waals surface area contributed by atoms with E-state index >= 15 is 0 Å². The van der Waals surface area contributed by atoms with E-state index in [1.54, 1.807) is 14.2 Å². The summed E-state index contributed by atoms with van der Waals surface area (Å²) in [5, 5.41) is 9.24. The number of ether oxygens (including phenoxy) is 3. The molecule has 0 radical (unpaired) electrons. The Morgan fingerprint density at radius 3 is 2.34 bits per heavy atom. The van der Waals surface area contributed by atoms with Gasteiger partial charge in [0.1, 0.15) is 16.7 Å². The lowest BCUT2D eigenvalue weighted by molar-refractivity contribution is -0.142. The first kappa shape index (κ1) is 23.7. The van der Waals surface area contributed by atoms with Crippen LogP contribution in [0.3, 0.4) is 0 Å². The van der Waals surface area contributed by atoms with Gasteiger partial charge in [0, 0.05) is 11.6 Å². The molecule has 8 heteroatoms. The molecule has 0 bridgehead atoms. The van der Waals surface area contributed by atoms with E-state index in [9.17, 15) is 4.79 Å². The highest BCUT2D eigenvalue weighted by Crippen LogP contribution is 2.35. The van der Waals surface area contributed by atoms with Gasteiger partial charge in [0.15, 0.2) is 11.0 Å². The minimum Gasteiger partial charge on any atom is -0.497 e. The quantitative estimate of drug-likeness (QED) is 0.311. The van der Waals surface area contributed by atoms with Crippen molar-refractivity contribution in [2.75, 3.05) is 20.8 Å². The molecule has 2 aromatic carbocycles. The van der Waals surface area contributed by atoms with Crippen LogP contribution in [0.1, 0.15) is 32.3 Å². The van der Waals surface area contributed by atoms with Crippen LogP contribution in [0.15, 0.2) is 47.6 Å². The first-order chi connectivity index (χ1) is 15.5. The number of aryl methyl sites for hydroxylation is 1. The van der Waals surface area contributed by atoms with Crippen molar-refractivity contribution in [2.24, 2.45) is 0 Å². The first-order valence-electron chi connectivity index (χ1n) is 10.6. The molecule has 7 nitrogen and oxygen atoms in total. The van der Waals surface area contributed by atoms with Gasteiger partial charge in [-0.15, -0.1) is 10.2 Å². The Hall–Kier alpha value is -3.00. The van der Waals surface area contributed by atoms with E-state index in [1.807, 2.05) is 67.8 Å². The summed E-state index contributed by atoms with van der Waals surface area (Å²) in [5.41, 5.74) is 2.80. The van der Waals surface area contributed by atoms with Crippen LogP contribution in [0, 0.1) is 6.92 Å². The van der Waals surface area contributed by atoms with E-state index in [1.165, 1.54) is 11.8 Å². The highest BCUT2D eigenvalue weighted by atomic mass is 32.2. The number of hydrogen-bond acceptors (Lipinski definition) is 7. The van der Waals surface area contributed by atoms with Crippen LogP contribution in [0.4, 0.5) is 0 Å². The van der Waals surface area contributed by atoms with Gasteiger partial charge in [-0.1, -0.05) is 43.3 Å². The molecule has 1 aromatic heterocycles. The van der Waals surface area contributed by atoms with Gasteiger partial charge in [-0.2, -0.15) is 0 Å². The van der Waals surface area contributed by atoms with Crippen molar-refractivity contribution in [2.45, 2.75) is 44.0 Å². The molecule has 1 atom stereocenters. The summed E-state index contributed by atoms with van der Waals surface area (Å²) in [6, 6.07) is 13.6. The summed E-state index contributed by atoms with van der Waals surface area (Å²) in [7, 11) is 3.22. The van der Waals surface area contributed by atoms with Crippen LogP contribution in [0.5, 0.6) is 11.5 Å². The second-order valence-corrected chi connectivity index (χ2v) is 8.35. The van der Waals surface area contributed by atoms with Gasteiger partial charge >= 0.3 is 5.97 Å². The minimum absolute atomic E-state index is 0.233. The molecule has 1 heterocycles. The largest absolute Gasteiger partial charge is 0.497 e. The highest BCUT2D eigenvalue weighted by molar-refractivity contribution is 8.00. The molecule has 0 saturated heterocycles. The number of rotatable bonds is 10. The molecular weight excluding hydrogens is 426 g/mol. The number of methoxy groups -OCH3 is 2. The van der Waals surface area contributed by atoms with Crippen LogP contribution in [-0.4, -0.2) is 46.8 Å². The zero-order valence-electron chi connectivity index (χ0n) is 19.1. The van der Waals surface area contributed by atoms with Crippen molar-refractivity contribution in [1.82, 2.24) is 14.8 Å². The molecule has 0 unspecified atom stereocenters. The van der Waals surface area contributed by atoms with E-state index in [0.717, 1.165) is 23.2 Å². The van der Waals surface area contributed by atoms with Crippen LogP contribution in [0.25, 0.3) is 17.1 Å². The predicted molar refractivity (Wildman–Crippen MR) is 126 cm³/mol. The molecule has 0 saturated carbocycles. The molecule has 0 fully saturated rings. The summed E-state index contributed by atoms with van der Waals surface area (Å²) >= 11 is 1.38. The molecule has 170 valence electrons. The third-order valence-electron chi connectivity index (χ3n) is 4.95. The Bertz CT molecular complexity index is 1040. The zero-order chi connectivity index (χ0) is 23.1. The Kier molecular flexibility index (Phi) is 8.16. The molecule has 32 heavy (non-hydrogen) atoms. The first-order valence-corrected chi connectivity index (χ1v) is 11.5. The van der Waals surface area contributed by atoms with Crippen LogP contribution < -0.4 is 9.47 Å². The average molecular weight is 456 g/mol. The molecule has 0 N–H and O–H groups in total. The lowest BCUT2D eigenvalue weighted by Gasteiger charge is -2.17. The predicted octanol–water partition coefficient (Wildman–Crippen LogP) is 5.08. The number of benzene rings is 2. The number of aromatic nitrogens is 3. The van der Waals surface area contributed by atoms with Gasteiger partial charge < -0.3 is 14.2 Å². The Morgan fingerprint density at radius 2 is 1.75 bits per heavy atom. The van der Waals surface area contributed by atoms with Crippen LogP contribution in [0.2, 0.25) is 0 Å². The monoisotopic (exact) mass is 455 g/mol. The maximum absolute atomic E-state index is 12.6. The smallest absolute Gasteiger partial charge is 0.319 e. The van der Waals surface area contributed by atoms with E-state index < -0.39 is 0 Å². The SMILES string of the molecule is CCC[C@@H](Sc1nnc(-c2cc(OC)cc(OC)c2)n1-c1ccccc1C)C(=O)OCC. The molecule has 0 aliphatic rings. The van der Waals surface area contributed by atoms with Crippen molar-refractivity contribution in [1.29, 1.82) is 0 Å². The van der Waals surface area contributed by atoms with Crippen molar-refractivity contribution < 1.29 is 19.0 Å². The molecule has 3 rings (SSSR count). The van der Waals surface area contributed by atoms with E-state index in [2.05, 4.69) is 10.2 Å². The fourth-order valence-corrected chi connectivity index (χ4v) is 4.50. The summed E-state index contributed by atoms with van der Waals surface area (Å²) in [4.78, 5) is 12.6. The molecule has 0 aliphatic heterocycles. The summed E-state index contributed by atoms with van der Waals surface area (Å²) in [5.74, 6) is 1.72. The van der Waals surface area contributed by atoms with Gasteiger partial charge in [-0.25, -0.2) is 0 Å². The maximum Gasteiger partial charge on any atom is 0.319 e. The van der Waals surface area contributed by atoms with Crippen molar-refractivity contribution in [3.8, 4) is 28.6 Å². The van der Waals surface area contributed by atoms with Crippen LogP contribution >= 0.6 is 11.8 Å². The van der Waals surface area contributed by atoms with Gasteiger partial charge in [-0.05, 0) is 44.0 Å². The Balaban J connectivity index is 2.15. The van der Waals surface area contributed by atoms with Crippen molar-refractivity contribution in [3.63, 3.8) is 0 Å². The Morgan fingerprint density at radius 1 is 1.06 bits per heavy atom. The molecule has 0 aliphatic carbocycles. The Labute approximate surface area is 193 Å². The fourth-order valence-electron chi connectivity index (χ4n) is 3.35. The molecule has 3 aromatic rings. The summed E-state index contributed by atoms with van der Waals surface area (Å²) < 4.78 is 18.2. The van der Waals surface area contributed by atoms with Crippen molar-refractivity contribution in [3.05, 3.63) is 48.0 Å². The highest BCUT2D eigenvalue weighted by Gasteiger charge is 2.26. The maximum atomic E-state index is 12.6. The fraction of sp³-hybridized carbons (Fsp3) is 0.375. The number of hydrogen-bond donors (Lipinski definition) is 0. The van der Waals surface area contributed by atoms with E-state index in [0.29, 0.717) is 35.5 Å². The zero-order valence-corrected chi connectivity index (χ0v) is 19.9. The third kappa shape index (κ3) is 5.24. The number of nitrogens with zero attached hydrogens (tertiary/aromatic N) is 3. The third-order valence-corrected chi connectivity index (χ3v) is 6.14. The number of para-hydroxylation sites is 1. The molecule has 0 spiro atoms.